The van der Waals surface area contributed by atoms with Gasteiger partial charge in [-0.05, 0) is 73.0 Å². The molecule has 0 radical (unpaired) electrons. The van der Waals surface area contributed by atoms with Gasteiger partial charge in [0.25, 0.3) is 0 Å². The summed E-state index contributed by atoms with van der Waals surface area (Å²) in [6, 6.07) is 17.0. The van der Waals surface area contributed by atoms with Crippen molar-refractivity contribution in [2.24, 2.45) is 0 Å². The summed E-state index contributed by atoms with van der Waals surface area (Å²) in [5.41, 5.74) is 9.00. The highest BCUT2D eigenvalue weighted by Gasteiger charge is 2.19. The zero-order valence-electron chi connectivity index (χ0n) is 22.4. The largest absolute Gasteiger partial charge is 0.369 e. The minimum atomic E-state index is -0.00527. The van der Waals surface area contributed by atoms with Crippen molar-refractivity contribution in [1.82, 2.24) is 14.9 Å². The summed E-state index contributed by atoms with van der Waals surface area (Å²) in [4.78, 5) is 37.0. The minimum absolute atomic E-state index is 0.00527. The van der Waals surface area contributed by atoms with Crippen LogP contribution in [0.25, 0.3) is 33.4 Å². The Morgan fingerprint density at radius 3 is 2.39 bits per heavy atom. The molecule has 0 atom stereocenters. The molecule has 1 N–H and O–H groups in total. The van der Waals surface area contributed by atoms with E-state index in [1.165, 1.54) is 11.8 Å². The monoisotopic (exact) mass is 506 g/mol. The molecule has 0 aliphatic carbocycles. The van der Waals surface area contributed by atoms with E-state index < -0.39 is 0 Å². The Hall–Kier alpha value is -4.03. The van der Waals surface area contributed by atoms with Crippen LogP contribution < -0.4 is 4.90 Å². The molecule has 0 spiro atoms. The van der Waals surface area contributed by atoms with Crippen LogP contribution in [0.2, 0.25) is 0 Å². The van der Waals surface area contributed by atoms with E-state index in [1.54, 1.807) is 13.1 Å². The molecule has 0 amide bonds. The van der Waals surface area contributed by atoms with E-state index in [1.807, 2.05) is 6.92 Å². The van der Waals surface area contributed by atoms with Gasteiger partial charge in [0.2, 0.25) is 0 Å². The maximum Gasteiger partial charge on any atom is 0.159 e. The molecule has 1 fully saturated rings. The van der Waals surface area contributed by atoms with Gasteiger partial charge in [0, 0.05) is 61.9 Å². The Kier molecular flexibility index (Phi) is 7.25. The highest BCUT2D eigenvalue weighted by Crippen LogP contribution is 2.39. The lowest BCUT2D eigenvalue weighted by molar-refractivity contribution is -0.116. The van der Waals surface area contributed by atoms with Gasteiger partial charge in [0.05, 0.1) is 5.69 Å². The van der Waals surface area contributed by atoms with Crippen molar-refractivity contribution in [3.63, 3.8) is 0 Å². The average molecular weight is 507 g/mol. The number of carbonyl (C=O) groups excluding carboxylic acids is 2. The second kappa shape index (κ2) is 10.8. The summed E-state index contributed by atoms with van der Waals surface area (Å²) < 4.78 is 0. The van der Waals surface area contributed by atoms with Crippen LogP contribution >= 0.6 is 0 Å². The van der Waals surface area contributed by atoms with Crippen LogP contribution in [0.1, 0.15) is 23.6 Å². The number of anilines is 1. The van der Waals surface area contributed by atoms with Crippen molar-refractivity contribution in [3.8, 4) is 22.4 Å². The molecule has 2 aromatic carbocycles. The lowest BCUT2D eigenvalue weighted by Crippen LogP contribution is -2.44. The van der Waals surface area contributed by atoms with Gasteiger partial charge < -0.3 is 14.8 Å². The van der Waals surface area contributed by atoms with Gasteiger partial charge in [-0.15, -0.1) is 0 Å². The highest BCUT2D eigenvalue weighted by molar-refractivity contribution is 6.03. The van der Waals surface area contributed by atoms with Gasteiger partial charge in [-0.2, -0.15) is 0 Å². The Morgan fingerprint density at radius 2 is 1.71 bits per heavy atom. The number of hydrogen-bond donors (Lipinski definition) is 1. The van der Waals surface area contributed by atoms with Gasteiger partial charge in [0.1, 0.15) is 11.4 Å². The Balaban J connectivity index is 1.62. The number of fused-ring (bicyclic) bond motifs is 1. The van der Waals surface area contributed by atoms with Crippen molar-refractivity contribution in [3.05, 3.63) is 84.1 Å². The van der Waals surface area contributed by atoms with E-state index in [0.717, 1.165) is 76.3 Å². The van der Waals surface area contributed by atoms with Gasteiger partial charge in [0.15, 0.2) is 5.78 Å². The fourth-order valence-electron chi connectivity index (χ4n) is 5.20. The quantitative estimate of drug-likeness (QED) is 0.325. The number of carbonyl (C=O) groups is 2. The molecule has 0 bridgehead atoms. The molecule has 1 aliphatic heterocycles. The molecule has 5 rings (SSSR count). The zero-order valence-corrected chi connectivity index (χ0v) is 22.4. The number of aromatic nitrogens is 2. The molecular formula is C32H34N4O2. The Bertz CT molecular complexity index is 1510. The Morgan fingerprint density at radius 1 is 1.00 bits per heavy atom. The van der Waals surface area contributed by atoms with E-state index in [9.17, 15) is 9.59 Å². The van der Waals surface area contributed by atoms with E-state index in [-0.39, 0.29) is 11.6 Å². The highest BCUT2D eigenvalue weighted by atomic mass is 16.1. The molecule has 3 heterocycles. The van der Waals surface area contributed by atoms with Crippen LogP contribution in [0.5, 0.6) is 0 Å². The normalized spacial score (nSPS) is 14.1. The number of aromatic amines is 1. The first-order valence-corrected chi connectivity index (χ1v) is 13.1. The predicted molar refractivity (Wildman–Crippen MR) is 155 cm³/mol. The van der Waals surface area contributed by atoms with E-state index in [4.69, 9.17) is 0 Å². The molecule has 6 heteroatoms. The number of H-pyrrole nitrogens is 1. The van der Waals surface area contributed by atoms with Crippen molar-refractivity contribution >= 4 is 28.3 Å². The van der Waals surface area contributed by atoms with Gasteiger partial charge in [-0.3, -0.25) is 9.59 Å². The van der Waals surface area contributed by atoms with Crippen LogP contribution in [-0.4, -0.2) is 59.7 Å². The van der Waals surface area contributed by atoms with Gasteiger partial charge in [-0.1, -0.05) is 36.9 Å². The lowest BCUT2D eigenvalue weighted by atomic mass is 9.93. The standard InChI is InChI=1S/C32H34N4O2/c1-5-28(38)19-26-18-25(7-6-21(26)2)30-29-17-23(16-22(3)37)20-33-32(29)34-31(30)24-8-10-27(11-9-24)36-14-12-35(4)13-15-36/h5-11,17-18,20H,1,12-16,19H2,2-4H3,(H,33,34). The number of nitrogens with zero attached hydrogens (tertiary/aromatic N) is 3. The molecule has 0 unspecified atom stereocenters. The van der Waals surface area contributed by atoms with Crippen LogP contribution in [-0.2, 0) is 22.4 Å². The molecule has 2 aromatic heterocycles. The van der Waals surface area contributed by atoms with Crippen LogP contribution in [0.4, 0.5) is 5.69 Å². The summed E-state index contributed by atoms with van der Waals surface area (Å²) in [7, 11) is 2.16. The topological polar surface area (TPSA) is 69.3 Å². The smallest absolute Gasteiger partial charge is 0.159 e. The number of likely N-dealkylation sites (N-methyl/N-ethyl adjacent to an activating group) is 1. The van der Waals surface area contributed by atoms with Crippen molar-refractivity contribution in [2.45, 2.75) is 26.7 Å². The summed E-state index contributed by atoms with van der Waals surface area (Å²) in [6.07, 6.45) is 3.81. The molecule has 194 valence electrons. The number of nitrogens with one attached hydrogen (secondary N) is 1. The maximum atomic E-state index is 12.2. The fraction of sp³-hybridized carbons (Fsp3) is 0.281. The number of allylic oxidation sites excluding steroid dienone is 1. The number of aryl methyl sites for hydroxylation is 1. The summed E-state index contributed by atoms with van der Waals surface area (Å²) in [6.45, 7) is 11.4. The van der Waals surface area contributed by atoms with Crippen molar-refractivity contribution in [2.75, 3.05) is 38.1 Å². The lowest BCUT2D eigenvalue weighted by Gasteiger charge is -2.34. The van der Waals surface area contributed by atoms with Crippen molar-refractivity contribution < 1.29 is 9.59 Å². The predicted octanol–water partition coefficient (Wildman–Crippen LogP) is 5.39. The number of benzene rings is 2. The minimum Gasteiger partial charge on any atom is -0.369 e. The molecule has 38 heavy (non-hydrogen) atoms. The van der Waals surface area contributed by atoms with Gasteiger partial charge >= 0.3 is 0 Å². The SMILES string of the molecule is C=CC(=O)Cc1cc(-c2c(-c3ccc(N4CCN(C)CC4)cc3)[nH]c3ncc(CC(C)=O)cc23)ccc1C. The van der Waals surface area contributed by atoms with E-state index >= 15 is 0 Å². The van der Waals surface area contributed by atoms with Crippen LogP contribution in [0, 0.1) is 6.92 Å². The first-order chi connectivity index (χ1) is 18.3. The Labute approximate surface area is 224 Å². The summed E-state index contributed by atoms with van der Waals surface area (Å²) in [5, 5.41) is 0.965. The third kappa shape index (κ3) is 5.31. The zero-order chi connectivity index (χ0) is 26.8. The molecule has 4 aromatic rings. The van der Waals surface area contributed by atoms with Crippen molar-refractivity contribution in [1.29, 1.82) is 0 Å². The number of Topliss-reactive ketones (excluding diaryl/α,β-unsaturated/α-hetero) is 1. The second-order valence-electron chi connectivity index (χ2n) is 10.3. The first kappa shape index (κ1) is 25.6. The van der Waals surface area contributed by atoms with Gasteiger partial charge in [-0.25, -0.2) is 4.98 Å². The van der Waals surface area contributed by atoms with E-state index in [2.05, 4.69) is 81.9 Å². The van der Waals surface area contributed by atoms with Crippen LogP contribution in [0.15, 0.2) is 67.4 Å². The average Bonchev–Trinajstić information content (AvgIpc) is 3.29. The first-order valence-electron chi connectivity index (χ1n) is 13.1. The van der Waals surface area contributed by atoms with Crippen LogP contribution in [0.3, 0.4) is 0 Å². The maximum absolute atomic E-state index is 12.2. The molecular weight excluding hydrogens is 472 g/mol. The third-order valence-electron chi connectivity index (χ3n) is 7.41. The second-order valence-corrected chi connectivity index (χ2v) is 10.3. The van der Waals surface area contributed by atoms with E-state index in [0.29, 0.717) is 12.8 Å². The number of pyridine rings is 1. The number of hydrogen-bond acceptors (Lipinski definition) is 5. The third-order valence-corrected chi connectivity index (χ3v) is 7.41. The molecule has 0 saturated carbocycles. The molecule has 6 nitrogen and oxygen atoms in total. The summed E-state index contributed by atoms with van der Waals surface area (Å²) in [5.74, 6) is 0.0952. The number of piperazine rings is 1. The molecule has 1 aliphatic rings. The fourth-order valence-corrected chi connectivity index (χ4v) is 5.20. The number of rotatable bonds is 8. The molecule has 1 saturated heterocycles. The summed E-state index contributed by atoms with van der Waals surface area (Å²) >= 11 is 0. The number of ketones is 2.